The molecular weight excluding hydrogens is 390 g/mol. The molecule has 6 heteroatoms. The highest BCUT2D eigenvalue weighted by atomic mass is 35.5. The van der Waals surface area contributed by atoms with Gasteiger partial charge in [-0.3, -0.25) is 9.69 Å². The Morgan fingerprint density at radius 2 is 1.89 bits per heavy atom. The SMILES string of the molecule is Cc1ccc(N2CSC3=C(C#N)C(c4ccc(Cl)cc4)CC(=O)N3C2)cc1C. The molecule has 0 aliphatic carbocycles. The van der Waals surface area contributed by atoms with Gasteiger partial charge in [0.1, 0.15) is 0 Å². The van der Waals surface area contributed by atoms with E-state index in [1.165, 1.54) is 11.1 Å². The summed E-state index contributed by atoms with van der Waals surface area (Å²) in [6.45, 7) is 4.66. The lowest BCUT2D eigenvalue weighted by Gasteiger charge is -2.42. The highest BCUT2D eigenvalue weighted by molar-refractivity contribution is 8.03. The molecule has 0 radical (unpaired) electrons. The molecule has 0 aromatic heterocycles. The van der Waals surface area contributed by atoms with Gasteiger partial charge in [0, 0.05) is 23.0 Å². The molecular formula is C22H20ClN3OS. The maximum Gasteiger partial charge on any atom is 0.229 e. The Bertz CT molecular complexity index is 1010. The average molecular weight is 410 g/mol. The van der Waals surface area contributed by atoms with Crippen molar-refractivity contribution in [3.8, 4) is 6.07 Å². The van der Waals surface area contributed by atoms with Crippen LogP contribution in [0.25, 0.3) is 0 Å². The molecule has 2 aromatic rings. The van der Waals surface area contributed by atoms with Crippen molar-refractivity contribution < 1.29 is 4.79 Å². The van der Waals surface area contributed by atoms with Crippen LogP contribution >= 0.6 is 23.4 Å². The number of fused-ring (bicyclic) bond motifs is 1. The third-order valence-electron chi connectivity index (χ3n) is 5.42. The number of carbonyl (C=O) groups is 1. The lowest BCUT2D eigenvalue weighted by atomic mass is 9.86. The summed E-state index contributed by atoms with van der Waals surface area (Å²) in [6, 6.07) is 16.2. The Morgan fingerprint density at radius 1 is 1.14 bits per heavy atom. The molecule has 28 heavy (non-hydrogen) atoms. The van der Waals surface area contributed by atoms with Crippen LogP contribution in [-0.4, -0.2) is 23.4 Å². The lowest BCUT2D eigenvalue weighted by molar-refractivity contribution is -0.129. The normalized spacial score (nSPS) is 19.5. The molecule has 4 rings (SSSR count). The van der Waals surface area contributed by atoms with Gasteiger partial charge in [-0.1, -0.05) is 41.6 Å². The number of aryl methyl sites for hydroxylation is 2. The smallest absolute Gasteiger partial charge is 0.229 e. The molecule has 1 saturated heterocycles. The molecule has 1 unspecified atom stereocenters. The average Bonchev–Trinajstić information content (AvgIpc) is 2.70. The van der Waals surface area contributed by atoms with E-state index in [-0.39, 0.29) is 11.8 Å². The number of hydrogen-bond acceptors (Lipinski definition) is 4. The van der Waals surface area contributed by atoms with E-state index in [2.05, 4.69) is 43.0 Å². The molecule has 0 bridgehead atoms. The fourth-order valence-corrected chi connectivity index (χ4v) is 4.92. The van der Waals surface area contributed by atoms with Crippen molar-refractivity contribution >= 4 is 35.0 Å². The van der Waals surface area contributed by atoms with E-state index in [9.17, 15) is 10.1 Å². The molecule has 0 saturated carbocycles. The third kappa shape index (κ3) is 3.39. The van der Waals surface area contributed by atoms with Crippen molar-refractivity contribution in [3.63, 3.8) is 0 Å². The van der Waals surface area contributed by atoms with Crippen molar-refractivity contribution in [2.75, 3.05) is 17.4 Å². The highest BCUT2D eigenvalue weighted by Crippen LogP contribution is 2.43. The van der Waals surface area contributed by atoms with Crippen molar-refractivity contribution in [2.24, 2.45) is 0 Å². The van der Waals surface area contributed by atoms with Gasteiger partial charge in [0.15, 0.2) is 0 Å². The number of nitrogens with zero attached hydrogens (tertiary/aromatic N) is 3. The van der Waals surface area contributed by atoms with Crippen molar-refractivity contribution in [2.45, 2.75) is 26.2 Å². The van der Waals surface area contributed by atoms with E-state index in [1.807, 2.05) is 24.3 Å². The van der Waals surface area contributed by atoms with Gasteiger partial charge in [0.25, 0.3) is 0 Å². The number of allylic oxidation sites excluding steroid dienone is 1. The van der Waals surface area contributed by atoms with Crippen LogP contribution in [-0.2, 0) is 4.79 Å². The minimum absolute atomic E-state index is 0.0509. The van der Waals surface area contributed by atoms with E-state index in [0.717, 1.165) is 16.3 Å². The van der Waals surface area contributed by atoms with Crippen LogP contribution in [0.5, 0.6) is 0 Å². The molecule has 2 heterocycles. The number of anilines is 1. The summed E-state index contributed by atoms with van der Waals surface area (Å²) in [5.41, 5.74) is 5.21. The number of halogens is 1. The Kier molecular flexibility index (Phi) is 5.09. The molecule has 2 aliphatic heterocycles. The zero-order chi connectivity index (χ0) is 19.8. The second-order valence-electron chi connectivity index (χ2n) is 7.18. The van der Waals surface area contributed by atoms with E-state index < -0.39 is 0 Å². The van der Waals surface area contributed by atoms with Gasteiger partial charge < -0.3 is 4.90 Å². The van der Waals surface area contributed by atoms with Gasteiger partial charge in [0.05, 0.1) is 29.2 Å². The Hall–Kier alpha value is -2.42. The van der Waals surface area contributed by atoms with Crippen molar-refractivity contribution in [1.29, 1.82) is 5.26 Å². The predicted molar refractivity (Wildman–Crippen MR) is 114 cm³/mol. The summed E-state index contributed by atoms with van der Waals surface area (Å²) in [5.74, 6) is 0.553. The first-order chi connectivity index (χ1) is 13.5. The number of nitriles is 1. The topological polar surface area (TPSA) is 47.3 Å². The molecule has 1 amide bonds. The first-order valence-corrected chi connectivity index (χ1v) is 10.5. The number of amides is 1. The molecule has 0 spiro atoms. The van der Waals surface area contributed by atoms with Crippen LogP contribution in [0.4, 0.5) is 5.69 Å². The first kappa shape index (κ1) is 18.9. The maximum absolute atomic E-state index is 13.0. The second kappa shape index (κ2) is 7.54. The van der Waals surface area contributed by atoms with Crippen LogP contribution < -0.4 is 4.90 Å². The standard InChI is InChI=1S/C22H20ClN3OS/c1-14-3-8-18(9-15(14)2)25-12-26-21(27)10-19(16-4-6-17(23)7-5-16)20(11-24)22(26)28-13-25/h3-9,19H,10,12-13H2,1-2H3. The monoisotopic (exact) mass is 409 g/mol. The van der Waals surface area contributed by atoms with Crippen LogP contribution in [0.1, 0.15) is 29.0 Å². The second-order valence-corrected chi connectivity index (χ2v) is 8.55. The maximum atomic E-state index is 13.0. The van der Waals surface area contributed by atoms with Gasteiger partial charge in [-0.25, -0.2) is 0 Å². The number of carbonyl (C=O) groups excluding carboxylic acids is 1. The summed E-state index contributed by atoms with van der Waals surface area (Å²) < 4.78 is 0. The van der Waals surface area contributed by atoms with E-state index in [0.29, 0.717) is 29.6 Å². The molecule has 142 valence electrons. The van der Waals surface area contributed by atoms with E-state index >= 15 is 0 Å². The Labute approximate surface area is 174 Å². The van der Waals surface area contributed by atoms with Crippen LogP contribution in [0.3, 0.4) is 0 Å². The van der Waals surface area contributed by atoms with Crippen LogP contribution in [0, 0.1) is 25.2 Å². The van der Waals surface area contributed by atoms with Gasteiger partial charge >= 0.3 is 0 Å². The van der Waals surface area contributed by atoms with Gasteiger partial charge in [-0.05, 0) is 54.8 Å². The number of benzene rings is 2. The van der Waals surface area contributed by atoms with E-state index in [4.69, 9.17) is 11.6 Å². The van der Waals surface area contributed by atoms with Crippen LogP contribution in [0.15, 0.2) is 53.1 Å². The summed E-state index contributed by atoms with van der Waals surface area (Å²) in [7, 11) is 0. The summed E-state index contributed by atoms with van der Waals surface area (Å²) in [5, 5.41) is 11.3. The Morgan fingerprint density at radius 3 is 2.57 bits per heavy atom. The van der Waals surface area contributed by atoms with Crippen molar-refractivity contribution in [3.05, 3.63) is 74.8 Å². The molecule has 1 fully saturated rings. The van der Waals surface area contributed by atoms with Gasteiger partial charge in [-0.2, -0.15) is 5.26 Å². The minimum atomic E-state index is -0.207. The summed E-state index contributed by atoms with van der Waals surface area (Å²) in [6.07, 6.45) is 0.301. The molecule has 1 atom stereocenters. The number of rotatable bonds is 2. The zero-order valence-electron chi connectivity index (χ0n) is 15.8. The molecule has 4 nitrogen and oxygen atoms in total. The predicted octanol–water partition coefficient (Wildman–Crippen LogP) is 5.18. The molecule has 2 aliphatic rings. The fraction of sp³-hybridized carbons (Fsp3) is 0.273. The van der Waals surface area contributed by atoms with Crippen LogP contribution in [0.2, 0.25) is 5.02 Å². The number of hydrogen-bond donors (Lipinski definition) is 0. The van der Waals surface area contributed by atoms with Gasteiger partial charge in [-0.15, -0.1) is 0 Å². The molecule has 2 aromatic carbocycles. The summed E-state index contributed by atoms with van der Waals surface area (Å²) in [4.78, 5) is 16.9. The largest absolute Gasteiger partial charge is 0.344 e. The zero-order valence-corrected chi connectivity index (χ0v) is 17.3. The Balaban J connectivity index is 1.65. The minimum Gasteiger partial charge on any atom is -0.344 e. The van der Waals surface area contributed by atoms with Crippen molar-refractivity contribution in [1.82, 2.24) is 4.90 Å². The third-order valence-corrected chi connectivity index (χ3v) is 6.83. The first-order valence-electron chi connectivity index (χ1n) is 9.13. The lowest BCUT2D eigenvalue weighted by Crippen LogP contribution is -2.47. The summed E-state index contributed by atoms with van der Waals surface area (Å²) >= 11 is 7.55. The number of thioether (sulfide) groups is 1. The molecule has 0 N–H and O–H groups in total. The quantitative estimate of drug-likeness (QED) is 0.685. The van der Waals surface area contributed by atoms with Gasteiger partial charge in [0.2, 0.25) is 5.91 Å². The fourth-order valence-electron chi connectivity index (χ4n) is 3.63. The highest BCUT2D eigenvalue weighted by Gasteiger charge is 2.38. The van der Waals surface area contributed by atoms with E-state index in [1.54, 1.807) is 16.7 Å².